The Morgan fingerprint density at radius 3 is 2.62 bits per heavy atom. The Morgan fingerprint density at radius 1 is 1.21 bits per heavy atom. The number of nitriles is 1. The summed E-state index contributed by atoms with van der Waals surface area (Å²) in [7, 11) is 3.06. The number of ether oxygens (including phenoxy) is 2. The van der Waals surface area contributed by atoms with Gasteiger partial charge >= 0.3 is 0 Å². The molecule has 122 valence electrons. The number of carbonyl (C=O) groups excluding carboxylic acids is 1. The number of halogens is 1. The van der Waals surface area contributed by atoms with Gasteiger partial charge < -0.3 is 14.8 Å². The Morgan fingerprint density at radius 2 is 2.00 bits per heavy atom. The predicted octanol–water partition coefficient (Wildman–Crippen LogP) is 4.01. The highest BCUT2D eigenvalue weighted by Crippen LogP contribution is 2.26. The number of methoxy groups -OCH3 is 2. The first-order chi connectivity index (χ1) is 11.6. The predicted molar refractivity (Wildman–Crippen MR) is 95.9 cm³/mol. The van der Waals surface area contributed by atoms with Crippen LogP contribution in [-0.2, 0) is 4.79 Å². The maximum atomic E-state index is 12.3. The summed E-state index contributed by atoms with van der Waals surface area (Å²) >= 11 is 3.33. The fourth-order valence-electron chi connectivity index (χ4n) is 2.02. The Hall–Kier alpha value is -2.78. The van der Waals surface area contributed by atoms with E-state index in [1.54, 1.807) is 43.5 Å². The highest BCUT2D eigenvalue weighted by atomic mass is 79.9. The topological polar surface area (TPSA) is 71.3 Å². The van der Waals surface area contributed by atoms with Crippen molar-refractivity contribution in [3.8, 4) is 17.6 Å². The van der Waals surface area contributed by atoms with Gasteiger partial charge in [0.15, 0.2) is 0 Å². The average Bonchev–Trinajstić information content (AvgIpc) is 2.59. The lowest BCUT2D eigenvalue weighted by molar-refractivity contribution is -0.112. The molecule has 0 radical (unpaired) electrons. The van der Waals surface area contributed by atoms with Gasteiger partial charge in [-0.05, 0) is 42.5 Å². The van der Waals surface area contributed by atoms with Crippen LogP contribution in [0, 0.1) is 11.3 Å². The lowest BCUT2D eigenvalue weighted by Crippen LogP contribution is -2.13. The van der Waals surface area contributed by atoms with Crippen molar-refractivity contribution < 1.29 is 14.3 Å². The molecule has 0 bridgehead atoms. The average molecular weight is 387 g/mol. The van der Waals surface area contributed by atoms with E-state index in [9.17, 15) is 10.1 Å². The smallest absolute Gasteiger partial charge is 0.266 e. The van der Waals surface area contributed by atoms with Crippen molar-refractivity contribution >= 4 is 33.6 Å². The molecule has 0 fully saturated rings. The van der Waals surface area contributed by atoms with Crippen LogP contribution in [0.2, 0.25) is 0 Å². The Kier molecular flexibility index (Phi) is 5.99. The summed E-state index contributed by atoms with van der Waals surface area (Å²) < 4.78 is 11.3. The number of amides is 1. The van der Waals surface area contributed by atoms with Gasteiger partial charge in [-0.3, -0.25) is 4.79 Å². The van der Waals surface area contributed by atoms with E-state index in [0.29, 0.717) is 22.7 Å². The third-order valence-corrected chi connectivity index (χ3v) is 3.68. The van der Waals surface area contributed by atoms with E-state index in [1.165, 1.54) is 13.2 Å². The second-order valence-electron chi connectivity index (χ2n) is 4.74. The molecule has 2 aromatic rings. The van der Waals surface area contributed by atoms with Crippen molar-refractivity contribution in [2.45, 2.75) is 0 Å². The molecule has 0 unspecified atom stereocenters. The van der Waals surface area contributed by atoms with Gasteiger partial charge in [0, 0.05) is 15.7 Å². The summed E-state index contributed by atoms with van der Waals surface area (Å²) in [4.78, 5) is 12.3. The molecule has 5 nitrogen and oxygen atoms in total. The molecule has 24 heavy (non-hydrogen) atoms. The van der Waals surface area contributed by atoms with E-state index >= 15 is 0 Å². The van der Waals surface area contributed by atoms with Gasteiger partial charge in [0.1, 0.15) is 23.1 Å². The van der Waals surface area contributed by atoms with Gasteiger partial charge in [-0.15, -0.1) is 0 Å². The van der Waals surface area contributed by atoms with Gasteiger partial charge in [0.2, 0.25) is 0 Å². The molecule has 0 aliphatic heterocycles. The van der Waals surface area contributed by atoms with E-state index in [1.807, 2.05) is 12.1 Å². The Bertz CT molecular complexity index is 825. The minimum atomic E-state index is -0.500. The first kappa shape index (κ1) is 17.6. The van der Waals surface area contributed by atoms with Crippen LogP contribution >= 0.6 is 15.9 Å². The Balaban J connectivity index is 2.32. The van der Waals surface area contributed by atoms with Crippen molar-refractivity contribution in [2.75, 3.05) is 19.5 Å². The molecule has 0 saturated heterocycles. The maximum Gasteiger partial charge on any atom is 0.266 e. The number of nitrogens with one attached hydrogen (secondary N) is 1. The quantitative estimate of drug-likeness (QED) is 0.622. The summed E-state index contributed by atoms with van der Waals surface area (Å²) in [5, 5.41) is 12.0. The molecule has 0 atom stereocenters. The molecule has 0 aliphatic rings. The lowest BCUT2D eigenvalue weighted by atomic mass is 10.1. The number of anilines is 1. The molecule has 2 rings (SSSR count). The molecule has 1 amide bonds. The SMILES string of the molecule is COc1ccc(OC)c(/C=C(/C#N)C(=O)Nc2cccc(Br)c2)c1. The zero-order chi connectivity index (χ0) is 17.5. The van der Waals surface area contributed by atoms with Gasteiger partial charge in [-0.1, -0.05) is 22.0 Å². The molecular weight excluding hydrogens is 372 g/mol. The number of nitrogens with zero attached hydrogens (tertiary/aromatic N) is 1. The second kappa shape index (κ2) is 8.18. The summed E-state index contributed by atoms with van der Waals surface area (Å²) in [6.45, 7) is 0. The highest BCUT2D eigenvalue weighted by molar-refractivity contribution is 9.10. The number of benzene rings is 2. The van der Waals surface area contributed by atoms with Crippen molar-refractivity contribution in [3.05, 3.63) is 58.1 Å². The van der Waals surface area contributed by atoms with Crippen molar-refractivity contribution in [1.29, 1.82) is 5.26 Å². The molecule has 0 aromatic heterocycles. The van der Waals surface area contributed by atoms with Gasteiger partial charge in [0.05, 0.1) is 14.2 Å². The van der Waals surface area contributed by atoms with E-state index in [2.05, 4.69) is 21.2 Å². The van der Waals surface area contributed by atoms with Crippen LogP contribution in [0.25, 0.3) is 6.08 Å². The van der Waals surface area contributed by atoms with Crippen LogP contribution in [-0.4, -0.2) is 20.1 Å². The largest absolute Gasteiger partial charge is 0.497 e. The number of hydrogen-bond acceptors (Lipinski definition) is 4. The number of rotatable bonds is 5. The van der Waals surface area contributed by atoms with Crippen LogP contribution in [0.3, 0.4) is 0 Å². The van der Waals surface area contributed by atoms with Gasteiger partial charge in [-0.25, -0.2) is 0 Å². The zero-order valence-electron chi connectivity index (χ0n) is 13.2. The van der Waals surface area contributed by atoms with Crippen LogP contribution in [0.5, 0.6) is 11.5 Å². The summed E-state index contributed by atoms with van der Waals surface area (Å²) in [6.07, 6.45) is 1.47. The van der Waals surface area contributed by atoms with E-state index in [0.717, 1.165) is 4.47 Å². The third kappa shape index (κ3) is 4.37. The van der Waals surface area contributed by atoms with E-state index in [4.69, 9.17) is 9.47 Å². The molecule has 6 heteroatoms. The summed E-state index contributed by atoms with van der Waals surface area (Å²) in [5.41, 5.74) is 1.13. The van der Waals surface area contributed by atoms with Crippen LogP contribution in [0.15, 0.2) is 52.5 Å². The fourth-order valence-corrected chi connectivity index (χ4v) is 2.42. The third-order valence-electron chi connectivity index (χ3n) is 3.18. The molecular formula is C18H15BrN2O3. The summed E-state index contributed by atoms with van der Waals surface area (Å²) in [6, 6.07) is 14.2. The highest BCUT2D eigenvalue weighted by Gasteiger charge is 2.12. The second-order valence-corrected chi connectivity index (χ2v) is 5.66. The van der Waals surface area contributed by atoms with Crippen LogP contribution in [0.4, 0.5) is 5.69 Å². The molecule has 0 saturated carbocycles. The van der Waals surface area contributed by atoms with E-state index in [-0.39, 0.29) is 5.57 Å². The number of hydrogen-bond donors (Lipinski definition) is 1. The summed E-state index contributed by atoms with van der Waals surface area (Å²) in [5.74, 6) is 0.644. The first-order valence-electron chi connectivity index (χ1n) is 6.98. The monoisotopic (exact) mass is 386 g/mol. The van der Waals surface area contributed by atoms with Crippen LogP contribution < -0.4 is 14.8 Å². The molecule has 2 aromatic carbocycles. The first-order valence-corrected chi connectivity index (χ1v) is 7.77. The molecule has 0 heterocycles. The fraction of sp³-hybridized carbons (Fsp3) is 0.111. The normalized spacial score (nSPS) is 10.7. The molecule has 1 N–H and O–H groups in total. The minimum absolute atomic E-state index is 0.0403. The van der Waals surface area contributed by atoms with E-state index < -0.39 is 5.91 Å². The van der Waals surface area contributed by atoms with Crippen LogP contribution in [0.1, 0.15) is 5.56 Å². The van der Waals surface area contributed by atoms with Gasteiger partial charge in [-0.2, -0.15) is 5.26 Å². The minimum Gasteiger partial charge on any atom is -0.497 e. The molecule has 0 spiro atoms. The van der Waals surface area contributed by atoms with Crippen molar-refractivity contribution in [2.24, 2.45) is 0 Å². The van der Waals surface area contributed by atoms with Crippen molar-refractivity contribution in [3.63, 3.8) is 0 Å². The lowest BCUT2D eigenvalue weighted by Gasteiger charge is -2.08. The molecule has 0 aliphatic carbocycles. The number of carbonyl (C=O) groups is 1. The maximum absolute atomic E-state index is 12.3. The Labute approximate surface area is 148 Å². The standard InChI is InChI=1S/C18H15BrN2O3/c1-23-16-6-7-17(24-2)12(9-16)8-13(11-20)18(22)21-15-5-3-4-14(19)10-15/h3-10H,1-2H3,(H,21,22)/b13-8-. The zero-order valence-corrected chi connectivity index (χ0v) is 14.8. The van der Waals surface area contributed by atoms with Crippen molar-refractivity contribution in [1.82, 2.24) is 0 Å². The van der Waals surface area contributed by atoms with Gasteiger partial charge in [0.25, 0.3) is 5.91 Å².